The number of carbonyl (C=O) groups excluding carboxylic acids is 3. The maximum atomic E-state index is 12.3. The van der Waals surface area contributed by atoms with Gasteiger partial charge in [-0.1, -0.05) is 29.8 Å². The summed E-state index contributed by atoms with van der Waals surface area (Å²) in [6.45, 7) is 1.61. The molecule has 0 spiro atoms. The number of carbonyl (C=O) groups is 3. The van der Waals surface area contributed by atoms with E-state index in [1.165, 1.54) is 24.5 Å². The zero-order valence-electron chi connectivity index (χ0n) is 17.0. The summed E-state index contributed by atoms with van der Waals surface area (Å²) in [6, 6.07) is 14.7. The molecule has 0 saturated carbocycles. The minimum absolute atomic E-state index is 0.242. The van der Waals surface area contributed by atoms with Gasteiger partial charge in [0.1, 0.15) is 16.4 Å². The van der Waals surface area contributed by atoms with Crippen LogP contribution >= 0.6 is 22.9 Å². The van der Waals surface area contributed by atoms with Crippen LogP contribution in [0.3, 0.4) is 0 Å². The Balaban J connectivity index is 1.69. The lowest BCUT2D eigenvalue weighted by Gasteiger charge is -2.11. The fourth-order valence-electron chi connectivity index (χ4n) is 2.60. The first-order valence-electron chi connectivity index (χ1n) is 9.23. The average Bonchev–Trinajstić information content (AvgIpc) is 3.33. The molecule has 0 atom stereocenters. The summed E-state index contributed by atoms with van der Waals surface area (Å²) in [5.41, 5.74) is 3.24. The lowest BCUT2D eigenvalue weighted by molar-refractivity contribution is -0.136. The highest BCUT2D eigenvalue weighted by Gasteiger charge is 2.17. The number of halogens is 1. The minimum atomic E-state index is -1.00. The summed E-state index contributed by atoms with van der Waals surface area (Å²) in [4.78, 5) is 37.1. The van der Waals surface area contributed by atoms with Gasteiger partial charge in [0.15, 0.2) is 0 Å². The van der Waals surface area contributed by atoms with E-state index in [0.29, 0.717) is 26.9 Å². The quantitative estimate of drug-likeness (QED) is 0.185. The molecule has 2 aromatic carbocycles. The van der Waals surface area contributed by atoms with Gasteiger partial charge in [0.2, 0.25) is 0 Å². The first-order valence-corrected chi connectivity index (χ1v) is 10.5. The number of methoxy groups -OCH3 is 1. The monoisotopic (exact) mass is 471 g/mol. The normalized spacial score (nSPS) is 10.9. The van der Waals surface area contributed by atoms with E-state index in [-0.39, 0.29) is 11.4 Å². The largest absolute Gasteiger partial charge is 0.495 e. The van der Waals surface area contributed by atoms with Crippen LogP contribution < -0.4 is 20.2 Å². The molecule has 0 unspecified atom stereocenters. The van der Waals surface area contributed by atoms with Crippen molar-refractivity contribution in [2.45, 2.75) is 6.92 Å². The van der Waals surface area contributed by atoms with Gasteiger partial charge in [0.05, 0.1) is 18.5 Å². The van der Waals surface area contributed by atoms with E-state index >= 15 is 0 Å². The van der Waals surface area contributed by atoms with E-state index in [2.05, 4.69) is 15.8 Å². The number of amides is 2. The van der Waals surface area contributed by atoms with Crippen LogP contribution in [0.4, 0.5) is 5.69 Å². The Hall–Kier alpha value is -3.69. The van der Waals surface area contributed by atoms with Crippen molar-refractivity contribution in [1.29, 1.82) is 0 Å². The zero-order valence-corrected chi connectivity index (χ0v) is 18.6. The van der Waals surface area contributed by atoms with Gasteiger partial charge in [-0.15, -0.1) is 11.3 Å². The van der Waals surface area contributed by atoms with Gasteiger partial charge in [-0.2, -0.15) is 5.10 Å². The highest BCUT2D eigenvalue weighted by molar-refractivity contribution is 7.12. The molecular formula is C22H18ClN3O5S. The number of para-hydroxylation sites is 1. The van der Waals surface area contributed by atoms with Crippen LogP contribution in [0.5, 0.6) is 11.5 Å². The molecule has 1 aromatic heterocycles. The second-order valence-corrected chi connectivity index (χ2v) is 7.68. The molecule has 32 heavy (non-hydrogen) atoms. The third-order valence-electron chi connectivity index (χ3n) is 4.14. The standard InChI is InChI=1S/C22H18ClN3O5S/c1-13(15-6-3-4-7-17(15)31-22(29)19-8-5-11-32-19)25-26-21(28)20(27)24-16-12-14(23)9-10-18(16)30-2/h3-12H,1-2H3,(H,24,27)(H,26,28)/b25-13+. The van der Waals surface area contributed by atoms with E-state index in [1.807, 2.05) is 0 Å². The smallest absolute Gasteiger partial charge is 0.353 e. The van der Waals surface area contributed by atoms with E-state index in [4.69, 9.17) is 21.1 Å². The number of ether oxygens (including phenoxy) is 2. The molecule has 2 N–H and O–H groups in total. The van der Waals surface area contributed by atoms with E-state index in [1.54, 1.807) is 60.8 Å². The van der Waals surface area contributed by atoms with Crippen molar-refractivity contribution in [3.8, 4) is 11.5 Å². The number of anilines is 1. The topological polar surface area (TPSA) is 106 Å². The van der Waals surface area contributed by atoms with Crippen LogP contribution in [0.15, 0.2) is 65.1 Å². The van der Waals surface area contributed by atoms with Crippen molar-refractivity contribution in [3.63, 3.8) is 0 Å². The van der Waals surface area contributed by atoms with Gasteiger partial charge in [-0.25, -0.2) is 10.2 Å². The number of nitrogens with one attached hydrogen (secondary N) is 2. The van der Waals surface area contributed by atoms with E-state index < -0.39 is 17.8 Å². The molecule has 164 valence electrons. The van der Waals surface area contributed by atoms with Gasteiger partial charge in [0.25, 0.3) is 0 Å². The van der Waals surface area contributed by atoms with Gasteiger partial charge in [0, 0.05) is 10.6 Å². The van der Waals surface area contributed by atoms with E-state index in [9.17, 15) is 14.4 Å². The molecule has 0 radical (unpaired) electrons. The highest BCUT2D eigenvalue weighted by Crippen LogP contribution is 2.27. The molecule has 0 fully saturated rings. The number of thiophene rings is 1. The molecule has 0 saturated heterocycles. The summed E-state index contributed by atoms with van der Waals surface area (Å²) in [5, 5.41) is 8.52. The van der Waals surface area contributed by atoms with Crippen molar-refractivity contribution in [2.24, 2.45) is 5.10 Å². The summed E-state index contributed by atoms with van der Waals surface area (Å²) >= 11 is 7.19. The summed E-state index contributed by atoms with van der Waals surface area (Å²) in [7, 11) is 1.43. The highest BCUT2D eigenvalue weighted by atomic mass is 35.5. The second kappa shape index (κ2) is 10.6. The molecule has 2 amide bonds. The molecule has 3 aromatic rings. The van der Waals surface area contributed by atoms with Crippen molar-refractivity contribution in [2.75, 3.05) is 12.4 Å². The summed E-state index contributed by atoms with van der Waals surface area (Å²) in [5.74, 6) is -1.84. The predicted molar refractivity (Wildman–Crippen MR) is 123 cm³/mol. The third kappa shape index (κ3) is 5.71. The molecule has 0 bridgehead atoms. The maximum absolute atomic E-state index is 12.3. The number of esters is 1. The van der Waals surface area contributed by atoms with Crippen LogP contribution in [0.2, 0.25) is 5.02 Å². The number of benzene rings is 2. The number of rotatable bonds is 6. The molecule has 8 nitrogen and oxygen atoms in total. The van der Waals surface area contributed by atoms with Crippen molar-refractivity contribution < 1.29 is 23.9 Å². The SMILES string of the molecule is COc1ccc(Cl)cc1NC(=O)C(=O)N/N=C(\C)c1ccccc1OC(=O)c1cccs1. The summed E-state index contributed by atoms with van der Waals surface area (Å²) in [6.07, 6.45) is 0. The Morgan fingerprint density at radius 2 is 1.78 bits per heavy atom. The maximum Gasteiger partial charge on any atom is 0.353 e. The summed E-state index contributed by atoms with van der Waals surface area (Å²) < 4.78 is 10.6. The Morgan fingerprint density at radius 1 is 1.00 bits per heavy atom. The van der Waals surface area contributed by atoms with Crippen LogP contribution in [0, 0.1) is 0 Å². The van der Waals surface area contributed by atoms with Gasteiger partial charge < -0.3 is 14.8 Å². The lowest BCUT2D eigenvalue weighted by Crippen LogP contribution is -2.33. The molecule has 0 aliphatic heterocycles. The first kappa shape index (κ1) is 23.0. The first-order chi connectivity index (χ1) is 15.4. The Morgan fingerprint density at radius 3 is 2.50 bits per heavy atom. The number of hydrogen-bond donors (Lipinski definition) is 2. The Labute approximate surface area is 192 Å². The minimum Gasteiger partial charge on any atom is -0.495 e. The van der Waals surface area contributed by atoms with Crippen molar-refractivity contribution in [1.82, 2.24) is 5.43 Å². The fraction of sp³-hybridized carbons (Fsp3) is 0.0909. The molecule has 3 rings (SSSR count). The molecular weight excluding hydrogens is 454 g/mol. The van der Waals surface area contributed by atoms with Gasteiger partial charge in [-0.05, 0) is 48.7 Å². The molecule has 0 aliphatic rings. The van der Waals surface area contributed by atoms with Crippen LogP contribution in [0.1, 0.15) is 22.2 Å². The number of hydrazone groups is 1. The van der Waals surface area contributed by atoms with Gasteiger partial charge in [-0.3, -0.25) is 9.59 Å². The molecule has 0 aliphatic carbocycles. The fourth-order valence-corrected chi connectivity index (χ4v) is 3.37. The Bertz CT molecular complexity index is 1180. The Kier molecular flexibility index (Phi) is 7.58. The van der Waals surface area contributed by atoms with Crippen LogP contribution in [-0.4, -0.2) is 30.6 Å². The van der Waals surface area contributed by atoms with E-state index in [0.717, 1.165) is 0 Å². The predicted octanol–water partition coefficient (Wildman–Crippen LogP) is 4.11. The number of nitrogens with zero attached hydrogens (tertiary/aromatic N) is 1. The zero-order chi connectivity index (χ0) is 23.1. The molecule has 10 heteroatoms. The van der Waals surface area contributed by atoms with Crippen LogP contribution in [0.25, 0.3) is 0 Å². The average molecular weight is 472 g/mol. The lowest BCUT2D eigenvalue weighted by atomic mass is 10.1. The third-order valence-corrected chi connectivity index (χ3v) is 5.23. The van der Waals surface area contributed by atoms with Gasteiger partial charge >= 0.3 is 17.8 Å². The molecule has 1 heterocycles. The second-order valence-electron chi connectivity index (χ2n) is 6.30. The van der Waals surface area contributed by atoms with Crippen molar-refractivity contribution >= 4 is 52.1 Å². The number of hydrogen-bond acceptors (Lipinski definition) is 7. The van der Waals surface area contributed by atoms with Crippen LogP contribution in [-0.2, 0) is 9.59 Å². The van der Waals surface area contributed by atoms with Crippen molar-refractivity contribution in [3.05, 3.63) is 75.4 Å².